The third-order valence-electron chi connectivity index (χ3n) is 3.60. The van der Waals surface area contributed by atoms with Gasteiger partial charge < -0.3 is 10.1 Å². The minimum absolute atomic E-state index is 0.0159. The standard InChI is InChI=1S/C14H22N2O3S/c1-10-8-13(19-3)9-11(2)14(10)20(17,18)16-12-4-6-15-7-5-12/h8-9,12,15-16H,4-7H2,1-3H3. The predicted molar refractivity (Wildman–Crippen MR) is 78.7 cm³/mol. The van der Waals surface area contributed by atoms with Crippen LogP contribution in [0.1, 0.15) is 24.0 Å². The van der Waals surface area contributed by atoms with Crippen LogP contribution in [0.15, 0.2) is 17.0 Å². The maximum atomic E-state index is 12.6. The molecular weight excluding hydrogens is 276 g/mol. The average molecular weight is 298 g/mol. The smallest absolute Gasteiger partial charge is 0.241 e. The molecule has 5 nitrogen and oxygen atoms in total. The van der Waals surface area contributed by atoms with E-state index in [1.165, 1.54) is 0 Å². The monoisotopic (exact) mass is 298 g/mol. The number of nitrogens with one attached hydrogen (secondary N) is 2. The highest BCUT2D eigenvalue weighted by atomic mass is 32.2. The molecule has 1 aliphatic heterocycles. The Labute approximate surface area is 120 Å². The zero-order valence-corrected chi connectivity index (χ0v) is 13.0. The van der Waals surface area contributed by atoms with Crippen molar-refractivity contribution < 1.29 is 13.2 Å². The minimum Gasteiger partial charge on any atom is -0.497 e. The zero-order valence-electron chi connectivity index (χ0n) is 12.2. The van der Waals surface area contributed by atoms with Crippen LogP contribution < -0.4 is 14.8 Å². The van der Waals surface area contributed by atoms with E-state index >= 15 is 0 Å². The van der Waals surface area contributed by atoms with Crippen molar-refractivity contribution in [2.45, 2.75) is 37.6 Å². The Morgan fingerprint density at radius 1 is 1.20 bits per heavy atom. The summed E-state index contributed by atoms with van der Waals surface area (Å²) in [6, 6.07) is 3.52. The molecule has 0 radical (unpaired) electrons. The van der Waals surface area contributed by atoms with Gasteiger partial charge >= 0.3 is 0 Å². The molecule has 0 spiro atoms. The summed E-state index contributed by atoms with van der Waals surface area (Å²) in [5, 5.41) is 3.23. The lowest BCUT2D eigenvalue weighted by Crippen LogP contribution is -2.42. The molecule has 0 saturated carbocycles. The fourth-order valence-corrected chi connectivity index (χ4v) is 4.43. The number of hydrogen-bond donors (Lipinski definition) is 2. The molecule has 112 valence electrons. The van der Waals surface area contributed by atoms with Gasteiger partial charge in [0.25, 0.3) is 0 Å². The van der Waals surface area contributed by atoms with Crippen molar-refractivity contribution in [1.82, 2.24) is 10.0 Å². The van der Waals surface area contributed by atoms with Crippen LogP contribution in [0.25, 0.3) is 0 Å². The van der Waals surface area contributed by atoms with Crippen LogP contribution in [0, 0.1) is 13.8 Å². The van der Waals surface area contributed by atoms with Gasteiger partial charge in [-0.2, -0.15) is 0 Å². The summed E-state index contributed by atoms with van der Waals surface area (Å²) in [7, 11) is -1.90. The topological polar surface area (TPSA) is 67.4 Å². The molecule has 0 amide bonds. The Bertz CT molecular complexity index is 555. The van der Waals surface area contributed by atoms with Crippen LogP contribution in [0.2, 0.25) is 0 Å². The lowest BCUT2D eigenvalue weighted by molar-refractivity contribution is 0.413. The Hall–Kier alpha value is -1.11. The summed E-state index contributed by atoms with van der Waals surface area (Å²) in [5.41, 5.74) is 1.42. The highest BCUT2D eigenvalue weighted by Gasteiger charge is 2.25. The Balaban J connectivity index is 2.29. The third kappa shape index (κ3) is 3.31. The van der Waals surface area contributed by atoms with Gasteiger partial charge in [0, 0.05) is 6.04 Å². The van der Waals surface area contributed by atoms with E-state index in [2.05, 4.69) is 10.0 Å². The molecule has 1 fully saturated rings. The second-order valence-electron chi connectivity index (χ2n) is 5.24. The van der Waals surface area contributed by atoms with Crippen molar-refractivity contribution in [3.63, 3.8) is 0 Å². The van der Waals surface area contributed by atoms with Gasteiger partial charge in [0.05, 0.1) is 12.0 Å². The first-order valence-electron chi connectivity index (χ1n) is 6.82. The number of ether oxygens (including phenoxy) is 1. The van der Waals surface area contributed by atoms with E-state index in [0.717, 1.165) is 25.9 Å². The van der Waals surface area contributed by atoms with E-state index in [-0.39, 0.29) is 6.04 Å². The first kappa shape index (κ1) is 15.3. The van der Waals surface area contributed by atoms with Crippen molar-refractivity contribution in [3.05, 3.63) is 23.3 Å². The lowest BCUT2D eigenvalue weighted by Gasteiger charge is -2.24. The molecule has 0 aromatic heterocycles. The molecular formula is C14H22N2O3S. The Morgan fingerprint density at radius 3 is 2.25 bits per heavy atom. The second kappa shape index (κ2) is 6.11. The van der Waals surface area contributed by atoms with Gasteiger partial charge in [-0.05, 0) is 63.0 Å². The minimum atomic E-state index is -3.48. The number of methoxy groups -OCH3 is 1. The molecule has 1 heterocycles. The highest BCUT2D eigenvalue weighted by molar-refractivity contribution is 7.89. The van der Waals surface area contributed by atoms with Crippen LogP contribution in [0.4, 0.5) is 0 Å². The summed E-state index contributed by atoms with van der Waals surface area (Å²) >= 11 is 0. The second-order valence-corrected chi connectivity index (χ2v) is 6.89. The molecule has 20 heavy (non-hydrogen) atoms. The molecule has 1 aromatic carbocycles. The number of sulfonamides is 1. The van der Waals surface area contributed by atoms with Crippen molar-refractivity contribution in [2.24, 2.45) is 0 Å². The van der Waals surface area contributed by atoms with Crippen LogP contribution >= 0.6 is 0 Å². The van der Waals surface area contributed by atoms with E-state index < -0.39 is 10.0 Å². The summed E-state index contributed by atoms with van der Waals surface area (Å²) in [6.07, 6.45) is 1.65. The molecule has 0 aliphatic carbocycles. The first-order chi connectivity index (χ1) is 9.44. The van der Waals surface area contributed by atoms with E-state index in [9.17, 15) is 8.42 Å². The van der Waals surface area contributed by atoms with E-state index in [1.807, 2.05) is 0 Å². The van der Waals surface area contributed by atoms with Gasteiger partial charge in [-0.1, -0.05) is 0 Å². The first-order valence-corrected chi connectivity index (χ1v) is 8.30. The normalized spacial score (nSPS) is 17.1. The molecule has 1 aliphatic rings. The SMILES string of the molecule is COc1cc(C)c(S(=O)(=O)NC2CCNCC2)c(C)c1. The Morgan fingerprint density at radius 2 is 1.75 bits per heavy atom. The average Bonchev–Trinajstić information content (AvgIpc) is 2.37. The maximum Gasteiger partial charge on any atom is 0.241 e. The molecule has 0 bridgehead atoms. The van der Waals surface area contributed by atoms with Gasteiger partial charge in [-0.25, -0.2) is 13.1 Å². The van der Waals surface area contributed by atoms with Gasteiger partial charge in [-0.3, -0.25) is 0 Å². The van der Waals surface area contributed by atoms with Crippen LogP contribution in [0.5, 0.6) is 5.75 Å². The number of benzene rings is 1. The molecule has 0 unspecified atom stereocenters. The predicted octanol–water partition coefficient (Wildman–Crippen LogP) is 1.34. The molecule has 6 heteroatoms. The largest absolute Gasteiger partial charge is 0.497 e. The van der Waals surface area contributed by atoms with Crippen LogP contribution in [0.3, 0.4) is 0 Å². The zero-order chi connectivity index (χ0) is 14.8. The van der Waals surface area contributed by atoms with Crippen molar-refractivity contribution >= 4 is 10.0 Å². The van der Waals surface area contributed by atoms with Gasteiger partial charge in [0.15, 0.2) is 0 Å². The summed E-state index contributed by atoms with van der Waals surface area (Å²) in [6.45, 7) is 5.31. The number of piperidine rings is 1. The number of rotatable bonds is 4. The fraction of sp³-hybridized carbons (Fsp3) is 0.571. The summed E-state index contributed by atoms with van der Waals surface area (Å²) in [5.74, 6) is 0.681. The van der Waals surface area contributed by atoms with E-state index in [0.29, 0.717) is 21.8 Å². The van der Waals surface area contributed by atoms with Gasteiger partial charge in [0.2, 0.25) is 10.0 Å². The molecule has 1 saturated heterocycles. The number of aryl methyl sites for hydroxylation is 2. The quantitative estimate of drug-likeness (QED) is 0.880. The van der Waals surface area contributed by atoms with Crippen molar-refractivity contribution in [3.8, 4) is 5.75 Å². The maximum absolute atomic E-state index is 12.6. The lowest BCUT2D eigenvalue weighted by atomic mass is 10.1. The summed E-state index contributed by atoms with van der Waals surface area (Å²) < 4.78 is 33.1. The molecule has 0 atom stereocenters. The van der Waals surface area contributed by atoms with E-state index in [1.54, 1.807) is 33.1 Å². The van der Waals surface area contributed by atoms with Crippen LogP contribution in [-0.2, 0) is 10.0 Å². The molecule has 1 aromatic rings. The third-order valence-corrected chi connectivity index (χ3v) is 5.42. The number of hydrogen-bond acceptors (Lipinski definition) is 4. The fourth-order valence-electron chi connectivity index (χ4n) is 2.67. The molecule has 2 rings (SSSR count). The highest BCUT2D eigenvalue weighted by Crippen LogP contribution is 2.26. The van der Waals surface area contributed by atoms with Crippen molar-refractivity contribution in [2.75, 3.05) is 20.2 Å². The Kier molecular flexibility index (Phi) is 4.67. The van der Waals surface area contributed by atoms with E-state index in [4.69, 9.17) is 4.74 Å². The van der Waals surface area contributed by atoms with Gasteiger partial charge in [0.1, 0.15) is 5.75 Å². The van der Waals surface area contributed by atoms with Gasteiger partial charge in [-0.15, -0.1) is 0 Å². The summed E-state index contributed by atoms with van der Waals surface area (Å²) in [4.78, 5) is 0.372. The van der Waals surface area contributed by atoms with Crippen LogP contribution in [-0.4, -0.2) is 34.7 Å². The van der Waals surface area contributed by atoms with Crippen molar-refractivity contribution in [1.29, 1.82) is 0 Å². The molecule has 2 N–H and O–H groups in total.